The summed E-state index contributed by atoms with van der Waals surface area (Å²) in [4.78, 5) is 21.3. The number of hydrogen-bond donors (Lipinski definition) is 1. The highest BCUT2D eigenvalue weighted by Gasteiger charge is 2.07. The average Bonchev–Trinajstić information content (AvgIpc) is 2.27. The van der Waals surface area contributed by atoms with E-state index in [2.05, 4.69) is 0 Å². The van der Waals surface area contributed by atoms with Crippen LogP contribution in [-0.4, -0.2) is 17.4 Å². The van der Waals surface area contributed by atoms with Crippen LogP contribution in [0, 0.1) is 0 Å². The van der Waals surface area contributed by atoms with E-state index in [9.17, 15) is 9.59 Å². The first kappa shape index (κ1) is 9.40. The third-order valence-corrected chi connectivity index (χ3v) is 2.23. The fraction of sp³-hybridized carbons (Fsp3) is 0. The molecule has 3 heteroatoms. The normalized spacial score (nSPS) is 10.1. The number of fused-ring (bicyclic) bond motifs is 1. The number of aromatic carboxylic acids is 1. The molecule has 0 aliphatic carbocycles. The quantitative estimate of drug-likeness (QED) is 0.804. The second-order valence-corrected chi connectivity index (χ2v) is 3.15. The van der Waals surface area contributed by atoms with Crippen molar-refractivity contribution in [3.05, 3.63) is 47.5 Å². The van der Waals surface area contributed by atoms with Gasteiger partial charge in [-0.05, 0) is 22.9 Å². The number of benzene rings is 2. The van der Waals surface area contributed by atoms with Gasteiger partial charge in [-0.3, -0.25) is 4.79 Å². The Kier molecular flexibility index (Phi) is 2.21. The van der Waals surface area contributed by atoms with Crippen molar-refractivity contribution in [2.75, 3.05) is 0 Å². The van der Waals surface area contributed by atoms with Crippen LogP contribution in [0.1, 0.15) is 15.9 Å². The molecule has 0 aromatic heterocycles. The molecule has 1 radical (unpaired) electrons. The van der Waals surface area contributed by atoms with Gasteiger partial charge in [0.25, 0.3) is 0 Å². The zero-order valence-corrected chi connectivity index (χ0v) is 7.73. The smallest absolute Gasteiger partial charge is 0.336 e. The Morgan fingerprint density at radius 2 is 2.00 bits per heavy atom. The fourth-order valence-electron chi connectivity index (χ4n) is 1.53. The lowest BCUT2D eigenvalue weighted by molar-refractivity contribution is 0.0699. The van der Waals surface area contributed by atoms with Crippen molar-refractivity contribution < 1.29 is 14.7 Å². The van der Waals surface area contributed by atoms with Crippen LogP contribution in [0.3, 0.4) is 0 Å². The molecular weight excluding hydrogens is 192 g/mol. The third kappa shape index (κ3) is 1.59. The van der Waals surface area contributed by atoms with Crippen LogP contribution in [0.2, 0.25) is 0 Å². The lowest BCUT2D eigenvalue weighted by Crippen LogP contribution is -1.97. The van der Waals surface area contributed by atoms with Gasteiger partial charge in [-0.25, -0.2) is 4.79 Å². The summed E-state index contributed by atoms with van der Waals surface area (Å²) in [6, 6.07) is 9.76. The van der Waals surface area contributed by atoms with Gasteiger partial charge in [0.15, 0.2) is 0 Å². The van der Waals surface area contributed by atoms with Gasteiger partial charge in [-0.1, -0.05) is 24.3 Å². The Hall–Kier alpha value is -2.16. The molecule has 2 aromatic rings. The summed E-state index contributed by atoms with van der Waals surface area (Å²) in [5, 5.41) is 10.3. The van der Waals surface area contributed by atoms with Crippen molar-refractivity contribution in [3.8, 4) is 0 Å². The van der Waals surface area contributed by atoms with Crippen LogP contribution in [0.4, 0.5) is 0 Å². The van der Waals surface area contributed by atoms with E-state index in [-0.39, 0.29) is 5.56 Å². The van der Waals surface area contributed by atoms with E-state index in [1.54, 1.807) is 36.6 Å². The molecule has 0 bridgehead atoms. The highest BCUT2D eigenvalue weighted by Crippen LogP contribution is 2.19. The second-order valence-electron chi connectivity index (χ2n) is 3.15. The SMILES string of the molecule is O=[C]c1ccc2c(C(=O)O)cccc2c1. The number of carboxylic acids is 1. The maximum Gasteiger partial charge on any atom is 0.336 e. The number of carboxylic acid groups (broad SMARTS) is 1. The molecule has 0 amide bonds. The topological polar surface area (TPSA) is 54.4 Å². The Morgan fingerprint density at radius 1 is 1.20 bits per heavy atom. The second kappa shape index (κ2) is 3.53. The highest BCUT2D eigenvalue weighted by atomic mass is 16.4. The van der Waals surface area contributed by atoms with E-state index >= 15 is 0 Å². The molecule has 0 aliphatic heterocycles. The first-order valence-corrected chi connectivity index (χ1v) is 4.36. The Labute approximate surface area is 86.0 Å². The molecule has 0 aliphatic rings. The van der Waals surface area contributed by atoms with Gasteiger partial charge in [-0.2, -0.15) is 0 Å². The molecule has 2 aromatic carbocycles. The van der Waals surface area contributed by atoms with Crippen LogP contribution in [-0.2, 0) is 4.79 Å². The summed E-state index contributed by atoms with van der Waals surface area (Å²) in [5.41, 5.74) is 0.662. The highest BCUT2D eigenvalue weighted by molar-refractivity contribution is 6.04. The standard InChI is InChI=1S/C12H7O3/c13-7-8-4-5-10-9(6-8)2-1-3-11(10)12(14)15/h1-6H,(H,14,15). The van der Waals surface area contributed by atoms with E-state index in [0.29, 0.717) is 10.9 Å². The monoisotopic (exact) mass is 199 g/mol. The molecule has 0 atom stereocenters. The van der Waals surface area contributed by atoms with Crippen LogP contribution in [0.5, 0.6) is 0 Å². The number of carbonyl (C=O) groups excluding carboxylic acids is 1. The molecule has 0 fully saturated rings. The number of hydrogen-bond acceptors (Lipinski definition) is 2. The first-order valence-electron chi connectivity index (χ1n) is 4.36. The van der Waals surface area contributed by atoms with Gasteiger partial charge in [0, 0.05) is 5.56 Å². The van der Waals surface area contributed by atoms with Gasteiger partial charge >= 0.3 is 5.97 Å². The summed E-state index contributed by atoms with van der Waals surface area (Å²) in [6.45, 7) is 0. The van der Waals surface area contributed by atoms with Gasteiger partial charge in [0.05, 0.1) is 5.56 Å². The van der Waals surface area contributed by atoms with Crippen molar-refractivity contribution >= 4 is 23.0 Å². The summed E-state index contributed by atoms with van der Waals surface area (Å²) in [5.74, 6) is -0.969. The van der Waals surface area contributed by atoms with Crippen LogP contribution < -0.4 is 0 Å². The lowest BCUT2D eigenvalue weighted by Gasteiger charge is -2.02. The fourth-order valence-corrected chi connectivity index (χ4v) is 1.53. The van der Waals surface area contributed by atoms with Crippen molar-refractivity contribution in [2.45, 2.75) is 0 Å². The molecule has 0 unspecified atom stereocenters. The zero-order chi connectivity index (χ0) is 10.8. The molecule has 0 spiro atoms. The predicted molar refractivity (Wildman–Crippen MR) is 55.7 cm³/mol. The molecule has 73 valence electrons. The van der Waals surface area contributed by atoms with Crippen LogP contribution in [0.15, 0.2) is 36.4 Å². The molecule has 15 heavy (non-hydrogen) atoms. The van der Waals surface area contributed by atoms with Gasteiger partial charge in [0.2, 0.25) is 6.29 Å². The van der Waals surface area contributed by atoms with E-state index in [0.717, 1.165) is 5.39 Å². The predicted octanol–water partition coefficient (Wildman–Crippen LogP) is 2.00. The minimum Gasteiger partial charge on any atom is -0.478 e. The summed E-state index contributed by atoms with van der Waals surface area (Å²) in [7, 11) is 0. The van der Waals surface area contributed by atoms with Crippen molar-refractivity contribution in [2.24, 2.45) is 0 Å². The Morgan fingerprint density at radius 3 is 2.67 bits per heavy atom. The van der Waals surface area contributed by atoms with Crippen molar-refractivity contribution in [3.63, 3.8) is 0 Å². The van der Waals surface area contributed by atoms with Crippen LogP contribution in [0.25, 0.3) is 10.8 Å². The average molecular weight is 199 g/mol. The molecule has 3 nitrogen and oxygen atoms in total. The van der Waals surface area contributed by atoms with E-state index in [4.69, 9.17) is 5.11 Å². The number of carbonyl (C=O) groups is 1. The first-order chi connectivity index (χ1) is 7.22. The zero-order valence-electron chi connectivity index (χ0n) is 7.73. The maximum atomic E-state index is 10.9. The molecule has 2 rings (SSSR count). The summed E-state index contributed by atoms with van der Waals surface area (Å²) >= 11 is 0. The van der Waals surface area contributed by atoms with E-state index in [1.165, 1.54) is 6.07 Å². The van der Waals surface area contributed by atoms with Crippen LogP contribution >= 0.6 is 0 Å². The Balaban J connectivity index is 2.77. The van der Waals surface area contributed by atoms with Gasteiger partial charge in [0.1, 0.15) is 0 Å². The molecule has 0 heterocycles. The number of rotatable bonds is 2. The minimum absolute atomic E-state index is 0.241. The van der Waals surface area contributed by atoms with Crippen molar-refractivity contribution in [1.29, 1.82) is 0 Å². The largest absolute Gasteiger partial charge is 0.478 e. The molecule has 0 saturated carbocycles. The lowest BCUT2D eigenvalue weighted by atomic mass is 10.0. The maximum absolute atomic E-state index is 10.9. The summed E-state index contributed by atoms with van der Waals surface area (Å²) < 4.78 is 0. The molecular formula is C12H7O3. The summed E-state index contributed by atoms with van der Waals surface area (Å²) in [6.07, 6.45) is 1.77. The van der Waals surface area contributed by atoms with Gasteiger partial charge < -0.3 is 5.11 Å². The minimum atomic E-state index is -0.969. The van der Waals surface area contributed by atoms with Crippen molar-refractivity contribution in [1.82, 2.24) is 0 Å². The van der Waals surface area contributed by atoms with E-state index in [1.807, 2.05) is 0 Å². The molecule has 0 saturated heterocycles. The third-order valence-electron chi connectivity index (χ3n) is 2.23. The Bertz CT molecular complexity index is 544. The van der Waals surface area contributed by atoms with E-state index < -0.39 is 5.97 Å². The van der Waals surface area contributed by atoms with Gasteiger partial charge in [-0.15, -0.1) is 0 Å². The molecule has 1 N–H and O–H groups in total.